The van der Waals surface area contributed by atoms with Gasteiger partial charge in [0.15, 0.2) is 0 Å². The fraction of sp³-hybridized carbons (Fsp3) is 0.286. The zero-order valence-corrected chi connectivity index (χ0v) is 10.7. The average molecular weight is 227 g/mol. The average Bonchev–Trinajstić information content (AvgIpc) is 2.19. The highest BCUT2D eigenvalue weighted by Gasteiger charge is 2.11. The van der Waals surface area contributed by atoms with Gasteiger partial charge in [0.1, 0.15) is 11.6 Å². The molecule has 0 bridgehead atoms. The number of hydrogen-bond donors (Lipinski definition) is 1. The third-order valence-corrected chi connectivity index (χ3v) is 2.89. The van der Waals surface area contributed by atoms with Crippen LogP contribution in [0, 0.1) is 27.7 Å². The smallest absolute Gasteiger partial charge is 0.135 e. The van der Waals surface area contributed by atoms with E-state index in [-0.39, 0.29) is 0 Å². The molecule has 2 rings (SSSR count). The molecule has 1 heterocycles. The quantitative estimate of drug-likeness (QED) is 0.814. The van der Waals surface area contributed by atoms with E-state index in [1.807, 2.05) is 13.1 Å². The van der Waals surface area contributed by atoms with Gasteiger partial charge in [-0.15, -0.1) is 0 Å². The van der Waals surface area contributed by atoms with Crippen molar-refractivity contribution in [3.05, 3.63) is 40.8 Å². The number of anilines is 1. The van der Waals surface area contributed by atoms with Crippen molar-refractivity contribution in [1.29, 1.82) is 0 Å². The molecule has 0 atom stereocenters. The Balaban J connectivity index is 2.68. The van der Waals surface area contributed by atoms with Crippen molar-refractivity contribution in [2.75, 3.05) is 5.73 Å². The van der Waals surface area contributed by atoms with Crippen LogP contribution in [0.3, 0.4) is 0 Å². The summed E-state index contributed by atoms with van der Waals surface area (Å²) in [5, 5.41) is 0. The van der Waals surface area contributed by atoms with Crippen LogP contribution in [0.15, 0.2) is 18.3 Å². The summed E-state index contributed by atoms with van der Waals surface area (Å²) >= 11 is 0. The van der Waals surface area contributed by atoms with Gasteiger partial charge in [0.2, 0.25) is 0 Å². The summed E-state index contributed by atoms with van der Waals surface area (Å²) < 4.78 is 0. The Bertz CT molecular complexity index is 551. The molecule has 1 aromatic carbocycles. The van der Waals surface area contributed by atoms with E-state index in [4.69, 9.17) is 5.73 Å². The maximum absolute atomic E-state index is 5.98. The Labute approximate surface area is 102 Å². The number of aryl methyl sites for hydroxylation is 4. The minimum absolute atomic E-state index is 0.549. The molecular formula is C14H17N3. The van der Waals surface area contributed by atoms with Crippen LogP contribution in [0.2, 0.25) is 0 Å². The topological polar surface area (TPSA) is 51.8 Å². The molecule has 88 valence electrons. The number of nitrogens with zero attached hydrogens (tertiary/aromatic N) is 2. The van der Waals surface area contributed by atoms with Crippen LogP contribution >= 0.6 is 0 Å². The number of nitrogens with two attached hydrogens (primary N) is 1. The number of nitrogen functional groups attached to an aromatic ring is 1. The molecule has 0 radical (unpaired) electrons. The van der Waals surface area contributed by atoms with Gasteiger partial charge >= 0.3 is 0 Å². The fourth-order valence-corrected chi connectivity index (χ4v) is 2.28. The van der Waals surface area contributed by atoms with Gasteiger partial charge in [-0.05, 0) is 44.4 Å². The van der Waals surface area contributed by atoms with Gasteiger partial charge in [0.05, 0.1) is 0 Å². The van der Waals surface area contributed by atoms with Crippen molar-refractivity contribution in [2.45, 2.75) is 27.7 Å². The van der Waals surface area contributed by atoms with E-state index >= 15 is 0 Å². The summed E-state index contributed by atoms with van der Waals surface area (Å²) in [4.78, 5) is 8.45. The molecule has 0 spiro atoms. The standard InChI is InChI=1S/C14H17N3/c1-8-5-9(2)13(10(3)6-8)12-7-16-11(4)17-14(12)15/h5-7H,1-4H3,(H2,15,16,17). The Hall–Kier alpha value is -1.90. The van der Waals surface area contributed by atoms with Crippen LogP contribution in [0.4, 0.5) is 5.82 Å². The first-order chi connectivity index (χ1) is 7.99. The van der Waals surface area contributed by atoms with Gasteiger partial charge < -0.3 is 5.73 Å². The first kappa shape index (κ1) is 11.6. The Morgan fingerprint density at radius 3 is 2.12 bits per heavy atom. The minimum Gasteiger partial charge on any atom is -0.383 e. The zero-order valence-electron chi connectivity index (χ0n) is 10.7. The van der Waals surface area contributed by atoms with Crippen molar-refractivity contribution >= 4 is 5.82 Å². The highest BCUT2D eigenvalue weighted by atomic mass is 14.9. The molecule has 0 aliphatic heterocycles. The zero-order chi connectivity index (χ0) is 12.6. The summed E-state index contributed by atoms with van der Waals surface area (Å²) in [7, 11) is 0. The minimum atomic E-state index is 0.549. The Kier molecular flexibility index (Phi) is 2.84. The molecule has 0 saturated heterocycles. The summed E-state index contributed by atoms with van der Waals surface area (Å²) in [5.74, 6) is 1.25. The van der Waals surface area contributed by atoms with E-state index in [0.717, 1.165) is 11.1 Å². The van der Waals surface area contributed by atoms with Crippen LogP contribution in [0.5, 0.6) is 0 Å². The molecule has 0 unspecified atom stereocenters. The van der Waals surface area contributed by atoms with Gasteiger partial charge in [-0.25, -0.2) is 9.97 Å². The molecule has 3 nitrogen and oxygen atoms in total. The van der Waals surface area contributed by atoms with Crippen molar-refractivity contribution in [3.63, 3.8) is 0 Å². The van der Waals surface area contributed by atoms with Gasteiger partial charge in [-0.3, -0.25) is 0 Å². The van der Waals surface area contributed by atoms with Gasteiger partial charge in [-0.2, -0.15) is 0 Å². The SMILES string of the molecule is Cc1cc(C)c(-c2cnc(C)nc2N)c(C)c1. The number of hydrogen-bond acceptors (Lipinski definition) is 3. The summed E-state index contributed by atoms with van der Waals surface area (Å²) in [6, 6.07) is 4.31. The van der Waals surface area contributed by atoms with Crippen LogP contribution in [-0.4, -0.2) is 9.97 Å². The molecule has 1 aromatic heterocycles. The molecule has 0 aliphatic carbocycles. The molecule has 0 amide bonds. The lowest BCUT2D eigenvalue weighted by Crippen LogP contribution is -2.00. The largest absolute Gasteiger partial charge is 0.383 e. The van der Waals surface area contributed by atoms with Crippen molar-refractivity contribution < 1.29 is 0 Å². The molecule has 0 aliphatic rings. The number of aromatic nitrogens is 2. The molecule has 0 saturated carbocycles. The molecule has 2 N–H and O–H groups in total. The monoisotopic (exact) mass is 227 g/mol. The highest BCUT2D eigenvalue weighted by molar-refractivity contribution is 5.78. The van der Waals surface area contributed by atoms with Gasteiger partial charge in [0.25, 0.3) is 0 Å². The number of rotatable bonds is 1. The maximum Gasteiger partial charge on any atom is 0.135 e. The Morgan fingerprint density at radius 1 is 1.00 bits per heavy atom. The van der Waals surface area contributed by atoms with Crippen LogP contribution in [0.1, 0.15) is 22.5 Å². The normalized spacial score (nSPS) is 10.6. The van der Waals surface area contributed by atoms with E-state index in [9.17, 15) is 0 Å². The lowest BCUT2D eigenvalue weighted by molar-refractivity contribution is 1.06. The first-order valence-corrected chi connectivity index (χ1v) is 5.66. The summed E-state index contributed by atoms with van der Waals surface area (Å²) in [6.07, 6.45) is 1.81. The van der Waals surface area contributed by atoms with Crippen molar-refractivity contribution in [3.8, 4) is 11.1 Å². The van der Waals surface area contributed by atoms with E-state index in [2.05, 4.69) is 42.9 Å². The summed E-state index contributed by atoms with van der Waals surface area (Å²) in [5.41, 5.74) is 11.7. The third-order valence-electron chi connectivity index (χ3n) is 2.89. The summed E-state index contributed by atoms with van der Waals surface area (Å²) in [6.45, 7) is 8.12. The first-order valence-electron chi connectivity index (χ1n) is 5.66. The highest BCUT2D eigenvalue weighted by Crippen LogP contribution is 2.30. The van der Waals surface area contributed by atoms with E-state index in [0.29, 0.717) is 11.6 Å². The van der Waals surface area contributed by atoms with Crippen LogP contribution in [0.25, 0.3) is 11.1 Å². The van der Waals surface area contributed by atoms with E-state index < -0.39 is 0 Å². The fourth-order valence-electron chi connectivity index (χ4n) is 2.28. The molecule has 0 fully saturated rings. The second kappa shape index (κ2) is 4.17. The van der Waals surface area contributed by atoms with Crippen LogP contribution in [-0.2, 0) is 0 Å². The molecule has 17 heavy (non-hydrogen) atoms. The lowest BCUT2D eigenvalue weighted by atomic mass is 9.95. The second-order valence-corrected chi connectivity index (χ2v) is 4.49. The molecule has 2 aromatic rings. The lowest BCUT2D eigenvalue weighted by Gasteiger charge is -2.12. The van der Waals surface area contributed by atoms with Gasteiger partial charge in [0, 0.05) is 11.8 Å². The predicted molar refractivity (Wildman–Crippen MR) is 70.8 cm³/mol. The maximum atomic E-state index is 5.98. The van der Waals surface area contributed by atoms with Crippen molar-refractivity contribution in [1.82, 2.24) is 9.97 Å². The second-order valence-electron chi connectivity index (χ2n) is 4.49. The van der Waals surface area contributed by atoms with Crippen molar-refractivity contribution in [2.24, 2.45) is 0 Å². The predicted octanol–water partition coefficient (Wildman–Crippen LogP) is 2.96. The molecule has 3 heteroatoms. The van der Waals surface area contributed by atoms with Crippen LogP contribution < -0.4 is 5.73 Å². The van der Waals surface area contributed by atoms with E-state index in [1.54, 1.807) is 0 Å². The Morgan fingerprint density at radius 2 is 1.59 bits per heavy atom. The molecular weight excluding hydrogens is 210 g/mol. The van der Waals surface area contributed by atoms with Gasteiger partial charge in [-0.1, -0.05) is 17.7 Å². The third kappa shape index (κ3) is 2.13. The van der Waals surface area contributed by atoms with E-state index in [1.165, 1.54) is 16.7 Å². The number of benzene rings is 1.